The van der Waals surface area contributed by atoms with Crippen molar-refractivity contribution in [2.24, 2.45) is 0 Å². The third kappa shape index (κ3) is 6.27. The number of dihydropyridines is 1. The second-order valence-corrected chi connectivity index (χ2v) is 7.69. The number of esters is 1. The Balaban J connectivity index is 1.48. The Morgan fingerprint density at radius 3 is 2.79 bits per heavy atom. The van der Waals surface area contributed by atoms with Gasteiger partial charge in [-0.2, -0.15) is 0 Å². The number of halogens is 1. The molecule has 29 heavy (non-hydrogen) atoms. The Labute approximate surface area is 178 Å². The lowest BCUT2D eigenvalue weighted by Gasteiger charge is -2.24. The van der Waals surface area contributed by atoms with E-state index in [0.717, 1.165) is 17.0 Å². The Bertz CT molecular complexity index is 895. The molecule has 2 heterocycles. The van der Waals surface area contributed by atoms with Gasteiger partial charge in [-0.25, -0.2) is 0 Å². The van der Waals surface area contributed by atoms with Gasteiger partial charge in [0.2, 0.25) is 5.89 Å². The zero-order valence-corrected chi connectivity index (χ0v) is 17.8. The molecule has 2 aromatic rings. The van der Waals surface area contributed by atoms with E-state index in [1.807, 2.05) is 31.2 Å². The van der Waals surface area contributed by atoms with Gasteiger partial charge in [-0.15, -0.1) is 10.2 Å². The summed E-state index contributed by atoms with van der Waals surface area (Å²) in [5.74, 6) is 1.74. The molecule has 1 aliphatic heterocycles. The summed E-state index contributed by atoms with van der Waals surface area (Å²) in [4.78, 5) is 11.1. The summed E-state index contributed by atoms with van der Waals surface area (Å²) in [6.45, 7) is 2.50. The number of nitrogens with one attached hydrogen (secondary N) is 1. The number of benzene rings is 1. The first-order chi connectivity index (χ1) is 14.0. The fraction of sp³-hybridized carbons (Fsp3) is 0.350. The fourth-order valence-electron chi connectivity index (χ4n) is 2.61. The number of hydrogen-bond donors (Lipinski definition) is 1. The Morgan fingerprint density at radius 2 is 2.07 bits per heavy atom. The maximum absolute atomic E-state index is 11.1. The number of thioether (sulfide) groups is 1. The number of methoxy groups -OCH3 is 1. The van der Waals surface area contributed by atoms with E-state index in [9.17, 15) is 4.79 Å². The van der Waals surface area contributed by atoms with Crippen molar-refractivity contribution in [1.82, 2.24) is 15.5 Å². The lowest BCUT2D eigenvalue weighted by Crippen LogP contribution is -2.32. The minimum Gasteiger partial charge on any atom is -0.496 e. The maximum atomic E-state index is 11.1. The first-order valence-corrected chi connectivity index (χ1v) is 10.5. The van der Waals surface area contributed by atoms with Crippen molar-refractivity contribution < 1.29 is 18.7 Å². The lowest BCUT2D eigenvalue weighted by atomic mass is 10.2. The molecule has 0 saturated heterocycles. The molecule has 0 fully saturated rings. The third-order valence-corrected chi connectivity index (χ3v) is 5.27. The topological polar surface area (TPSA) is 86.5 Å². The third-order valence-electron chi connectivity index (χ3n) is 4.15. The van der Waals surface area contributed by atoms with Crippen molar-refractivity contribution in [3.8, 4) is 11.5 Å². The predicted molar refractivity (Wildman–Crippen MR) is 111 cm³/mol. The van der Waals surface area contributed by atoms with Crippen molar-refractivity contribution in [2.75, 3.05) is 19.5 Å². The van der Waals surface area contributed by atoms with E-state index in [0.29, 0.717) is 41.3 Å². The monoisotopic (exact) mass is 435 g/mol. The lowest BCUT2D eigenvalue weighted by molar-refractivity contribution is -0.140. The van der Waals surface area contributed by atoms with Crippen LogP contribution in [-0.4, -0.2) is 41.7 Å². The zero-order valence-electron chi connectivity index (χ0n) is 16.2. The first-order valence-electron chi connectivity index (χ1n) is 9.14. The molecule has 0 saturated carbocycles. The van der Waals surface area contributed by atoms with E-state index in [-0.39, 0.29) is 12.0 Å². The van der Waals surface area contributed by atoms with Gasteiger partial charge in [0.15, 0.2) is 0 Å². The van der Waals surface area contributed by atoms with Gasteiger partial charge in [-0.05, 0) is 49.8 Å². The number of hydrogen-bond acceptors (Lipinski definition) is 8. The predicted octanol–water partition coefficient (Wildman–Crippen LogP) is 4.21. The molecule has 1 aromatic carbocycles. The highest BCUT2D eigenvalue weighted by molar-refractivity contribution is 7.99. The minimum atomic E-state index is -0.225. The van der Waals surface area contributed by atoms with Crippen LogP contribution < -0.4 is 5.32 Å². The Hall–Kier alpha value is -2.45. The molecule has 1 aliphatic rings. The van der Waals surface area contributed by atoms with Crippen LogP contribution >= 0.6 is 23.4 Å². The van der Waals surface area contributed by atoms with Crippen LogP contribution in [0.3, 0.4) is 0 Å². The highest BCUT2D eigenvalue weighted by atomic mass is 35.5. The number of aromatic nitrogens is 2. The summed E-state index contributed by atoms with van der Waals surface area (Å²) in [6.07, 6.45) is 4.89. The molecular weight excluding hydrogens is 414 g/mol. The van der Waals surface area contributed by atoms with Gasteiger partial charge in [0.1, 0.15) is 5.76 Å². The molecule has 1 atom stereocenters. The van der Waals surface area contributed by atoms with Gasteiger partial charge in [-0.3, -0.25) is 4.79 Å². The average molecular weight is 436 g/mol. The normalized spacial score (nSPS) is 15.9. The van der Waals surface area contributed by atoms with Crippen LogP contribution in [0.4, 0.5) is 0 Å². The first kappa shape index (κ1) is 21.3. The number of allylic oxidation sites excluding steroid dienone is 2. The molecule has 1 unspecified atom stereocenters. The van der Waals surface area contributed by atoms with Crippen LogP contribution in [0.1, 0.15) is 19.8 Å². The summed E-state index contributed by atoms with van der Waals surface area (Å²) in [7, 11) is 1.38. The number of rotatable bonds is 9. The molecule has 1 N–H and O–H groups in total. The summed E-state index contributed by atoms with van der Waals surface area (Å²) >= 11 is 7.36. The number of carbonyl (C=O) groups is 1. The summed E-state index contributed by atoms with van der Waals surface area (Å²) in [5.41, 5.74) is 1.87. The average Bonchev–Trinajstić information content (AvgIpc) is 3.20. The van der Waals surface area contributed by atoms with E-state index in [2.05, 4.69) is 20.3 Å². The van der Waals surface area contributed by atoms with E-state index in [1.165, 1.54) is 18.9 Å². The van der Waals surface area contributed by atoms with Crippen molar-refractivity contribution in [3.63, 3.8) is 0 Å². The SMILES string of the molecule is COC(=O)CCCOC1=CC=C(CSc2nnc(-c3ccc(Cl)cc3)o2)NC1C. The van der Waals surface area contributed by atoms with Crippen LogP contribution in [0.25, 0.3) is 11.5 Å². The standard InChI is InChI=1S/C20H22ClN3O4S/c1-13-17(27-11-3-4-18(25)26-2)10-9-16(22-13)12-29-20-24-23-19(28-20)14-5-7-15(21)8-6-14/h5-10,13,22H,3-4,11-12H2,1-2H3. The molecule has 154 valence electrons. The van der Waals surface area contributed by atoms with Crippen molar-refractivity contribution in [1.29, 1.82) is 0 Å². The molecule has 9 heteroatoms. The van der Waals surface area contributed by atoms with Crippen LogP contribution in [0.15, 0.2) is 57.5 Å². The number of nitrogens with zero attached hydrogens (tertiary/aromatic N) is 2. The van der Waals surface area contributed by atoms with E-state index in [1.54, 1.807) is 12.1 Å². The summed E-state index contributed by atoms with van der Waals surface area (Å²) < 4.78 is 16.1. The summed E-state index contributed by atoms with van der Waals surface area (Å²) in [6, 6.07) is 7.30. The van der Waals surface area contributed by atoms with Crippen LogP contribution in [0, 0.1) is 0 Å². The maximum Gasteiger partial charge on any atom is 0.305 e. The highest BCUT2D eigenvalue weighted by Gasteiger charge is 2.17. The molecular formula is C20H22ClN3O4S. The van der Waals surface area contributed by atoms with Crippen molar-refractivity contribution >= 4 is 29.3 Å². The number of carbonyl (C=O) groups excluding carboxylic acids is 1. The van der Waals surface area contributed by atoms with Crippen molar-refractivity contribution in [3.05, 3.63) is 52.9 Å². The van der Waals surface area contributed by atoms with Crippen LogP contribution in [-0.2, 0) is 14.3 Å². The van der Waals surface area contributed by atoms with E-state index in [4.69, 9.17) is 20.8 Å². The van der Waals surface area contributed by atoms with Gasteiger partial charge >= 0.3 is 5.97 Å². The van der Waals surface area contributed by atoms with Crippen molar-refractivity contribution in [2.45, 2.75) is 31.0 Å². The second kappa shape index (κ2) is 10.4. The van der Waals surface area contributed by atoms with Gasteiger partial charge in [0.05, 0.1) is 19.8 Å². The molecule has 0 aliphatic carbocycles. The molecule has 0 amide bonds. The molecule has 0 radical (unpaired) electrons. The Morgan fingerprint density at radius 1 is 1.28 bits per heavy atom. The van der Waals surface area contributed by atoms with Gasteiger partial charge in [-0.1, -0.05) is 23.4 Å². The van der Waals surface area contributed by atoms with Crippen LogP contribution in [0.5, 0.6) is 0 Å². The molecule has 0 spiro atoms. The fourth-order valence-corrected chi connectivity index (χ4v) is 3.43. The molecule has 0 bridgehead atoms. The van der Waals surface area contributed by atoms with Gasteiger partial charge < -0.3 is 19.2 Å². The summed E-state index contributed by atoms with van der Waals surface area (Å²) in [5, 5.41) is 12.7. The van der Waals surface area contributed by atoms with E-state index < -0.39 is 0 Å². The minimum absolute atomic E-state index is 0.0426. The largest absolute Gasteiger partial charge is 0.496 e. The molecule has 3 rings (SSSR count). The van der Waals surface area contributed by atoms with Gasteiger partial charge in [0.25, 0.3) is 5.22 Å². The smallest absolute Gasteiger partial charge is 0.305 e. The second-order valence-electron chi connectivity index (χ2n) is 6.32. The zero-order chi connectivity index (χ0) is 20.6. The van der Waals surface area contributed by atoms with E-state index >= 15 is 0 Å². The van der Waals surface area contributed by atoms with Gasteiger partial charge in [0, 0.05) is 28.5 Å². The quantitative estimate of drug-likeness (QED) is 0.356. The Kier molecular flexibility index (Phi) is 7.60. The van der Waals surface area contributed by atoms with Crippen LogP contribution in [0.2, 0.25) is 5.02 Å². The highest BCUT2D eigenvalue weighted by Crippen LogP contribution is 2.26. The number of ether oxygens (including phenoxy) is 2. The molecule has 1 aromatic heterocycles. The molecule has 7 nitrogen and oxygen atoms in total.